The molecule has 1 aliphatic heterocycles. The van der Waals surface area contributed by atoms with Crippen molar-refractivity contribution in [3.63, 3.8) is 0 Å². The summed E-state index contributed by atoms with van der Waals surface area (Å²) in [6, 6.07) is 7.71. The van der Waals surface area contributed by atoms with Gasteiger partial charge in [0.15, 0.2) is 0 Å². The minimum Gasteiger partial charge on any atom is -0.303 e. The number of nitrogens with one attached hydrogen (secondary N) is 1. The Morgan fingerprint density at radius 3 is 2.23 bits per heavy atom. The number of benzene rings is 1. The molecule has 1 aliphatic rings. The third-order valence-corrected chi connectivity index (χ3v) is 3.60. The normalized spacial score (nSPS) is 17.5. The van der Waals surface area contributed by atoms with E-state index in [0.29, 0.717) is 12.2 Å². The number of amides is 3. The summed E-state index contributed by atoms with van der Waals surface area (Å²) in [5, 5.41) is 2.65. The van der Waals surface area contributed by atoms with Crippen LogP contribution in [0.4, 0.5) is 4.79 Å². The Hall–Kier alpha value is -2.10. The molecule has 22 heavy (non-hydrogen) atoms. The summed E-state index contributed by atoms with van der Waals surface area (Å²) in [4.78, 5) is 25.4. The second-order valence-corrected chi connectivity index (χ2v) is 7.17. The number of carbonyl (C=O) groups is 2. The second kappa shape index (κ2) is 5.95. The molecule has 118 valence electrons. The second-order valence-electron chi connectivity index (χ2n) is 7.17. The van der Waals surface area contributed by atoms with Crippen molar-refractivity contribution in [3.05, 3.63) is 41.1 Å². The topological polar surface area (TPSA) is 49.4 Å². The van der Waals surface area contributed by atoms with Crippen LogP contribution in [0.5, 0.6) is 0 Å². The summed E-state index contributed by atoms with van der Waals surface area (Å²) in [5.74, 6) is -0.00119. The minimum absolute atomic E-state index is 0.0944. The Morgan fingerprint density at radius 1 is 1.14 bits per heavy atom. The highest BCUT2D eigenvalue weighted by molar-refractivity contribution is 6.13. The van der Waals surface area contributed by atoms with E-state index < -0.39 is 0 Å². The van der Waals surface area contributed by atoms with Crippen molar-refractivity contribution in [3.8, 4) is 0 Å². The van der Waals surface area contributed by atoms with E-state index in [9.17, 15) is 9.59 Å². The molecule has 0 aliphatic carbocycles. The van der Waals surface area contributed by atoms with Gasteiger partial charge in [-0.15, -0.1) is 0 Å². The molecule has 0 unspecified atom stereocenters. The maximum absolute atomic E-state index is 12.3. The van der Waals surface area contributed by atoms with Crippen molar-refractivity contribution in [2.75, 3.05) is 6.54 Å². The fourth-order valence-corrected chi connectivity index (χ4v) is 2.35. The molecule has 0 spiro atoms. The first-order valence-electron chi connectivity index (χ1n) is 7.63. The van der Waals surface area contributed by atoms with Crippen LogP contribution < -0.4 is 5.32 Å². The van der Waals surface area contributed by atoms with Crippen molar-refractivity contribution < 1.29 is 9.59 Å². The first-order chi connectivity index (χ1) is 10.2. The number of rotatable bonds is 3. The Morgan fingerprint density at radius 2 is 1.73 bits per heavy atom. The van der Waals surface area contributed by atoms with Crippen LogP contribution in [0.2, 0.25) is 0 Å². The lowest BCUT2D eigenvalue weighted by Crippen LogP contribution is -2.34. The summed E-state index contributed by atoms with van der Waals surface area (Å²) in [6.07, 6.45) is 1.73. The Labute approximate surface area is 132 Å². The van der Waals surface area contributed by atoms with Crippen LogP contribution in [0.3, 0.4) is 0 Å². The van der Waals surface area contributed by atoms with Crippen LogP contribution in [-0.4, -0.2) is 23.4 Å². The Bertz CT molecular complexity index is 607. The molecule has 1 aromatic carbocycles. The van der Waals surface area contributed by atoms with Gasteiger partial charge in [-0.2, -0.15) is 0 Å². The molecule has 0 aromatic heterocycles. The summed E-state index contributed by atoms with van der Waals surface area (Å²) in [6.45, 7) is 10.9. The van der Waals surface area contributed by atoms with E-state index in [1.807, 2.05) is 26.0 Å². The quantitative estimate of drug-likeness (QED) is 0.685. The zero-order chi connectivity index (χ0) is 16.5. The monoisotopic (exact) mass is 300 g/mol. The van der Waals surface area contributed by atoms with Crippen LogP contribution in [0, 0.1) is 5.92 Å². The molecule has 1 aromatic rings. The number of nitrogens with zero attached hydrogens (tertiary/aromatic N) is 1. The van der Waals surface area contributed by atoms with E-state index in [1.54, 1.807) is 6.08 Å². The summed E-state index contributed by atoms with van der Waals surface area (Å²) in [5.41, 5.74) is 2.58. The van der Waals surface area contributed by atoms with E-state index in [0.717, 1.165) is 5.56 Å². The summed E-state index contributed by atoms with van der Waals surface area (Å²) < 4.78 is 0. The van der Waals surface area contributed by atoms with Gasteiger partial charge in [-0.25, -0.2) is 4.79 Å². The van der Waals surface area contributed by atoms with Gasteiger partial charge in [0.1, 0.15) is 5.70 Å². The predicted molar refractivity (Wildman–Crippen MR) is 88.2 cm³/mol. The Kier molecular flexibility index (Phi) is 4.40. The molecule has 2 rings (SSSR count). The standard InChI is InChI=1S/C18H24N2O2/c1-12(2)11-20-16(21)15(19-17(20)22)10-13-6-8-14(9-7-13)18(3,4)5/h6-10,12H,11H2,1-5H3,(H,19,22)/b15-10-. The minimum atomic E-state index is -0.337. The molecule has 1 N–H and O–H groups in total. The SMILES string of the molecule is CC(C)CN1C(=O)N/C(=C\c2ccc(C(C)(C)C)cc2)C1=O. The maximum Gasteiger partial charge on any atom is 0.329 e. The lowest BCUT2D eigenvalue weighted by molar-refractivity contribution is -0.123. The summed E-state index contributed by atoms with van der Waals surface area (Å²) >= 11 is 0. The molecule has 0 saturated carbocycles. The molecule has 4 nitrogen and oxygen atoms in total. The van der Waals surface area contributed by atoms with E-state index in [2.05, 4.69) is 38.2 Å². The number of carbonyl (C=O) groups excluding carboxylic acids is 2. The number of urea groups is 1. The summed E-state index contributed by atoms with van der Waals surface area (Å²) in [7, 11) is 0. The number of imide groups is 1. The average Bonchev–Trinajstić information content (AvgIpc) is 2.66. The first-order valence-corrected chi connectivity index (χ1v) is 7.63. The first kappa shape index (κ1) is 16.3. The number of hydrogen-bond acceptors (Lipinski definition) is 2. The fourth-order valence-electron chi connectivity index (χ4n) is 2.35. The molecule has 1 saturated heterocycles. The van der Waals surface area contributed by atoms with Crippen molar-refractivity contribution in [1.29, 1.82) is 0 Å². The smallest absolute Gasteiger partial charge is 0.303 e. The van der Waals surface area contributed by atoms with Crippen molar-refractivity contribution in [2.45, 2.75) is 40.0 Å². The molecule has 1 heterocycles. The maximum atomic E-state index is 12.3. The van der Waals surface area contributed by atoms with Gasteiger partial charge in [-0.1, -0.05) is 58.9 Å². The highest BCUT2D eigenvalue weighted by atomic mass is 16.2. The van der Waals surface area contributed by atoms with Crippen LogP contribution in [-0.2, 0) is 10.2 Å². The van der Waals surface area contributed by atoms with Crippen LogP contribution in [0.15, 0.2) is 30.0 Å². The van der Waals surface area contributed by atoms with Crippen molar-refractivity contribution in [1.82, 2.24) is 10.2 Å². The molecule has 4 heteroatoms. The molecule has 1 fully saturated rings. The lowest BCUT2D eigenvalue weighted by Gasteiger charge is -2.18. The molecule has 0 bridgehead atoms. The van der Waals surface area contributed by atoms with Crippen LogP contribution in [0.25, 0.3) is 6.08 Å². The molecule has 0 atom stereocenters. The molecular weight excluding hydrogens is 276 g/mol. The van der Waals surface area contributed by atoms with Crippen LogP contribution >= 0.6 is 0 Å². The fraction of sp³-hybridized carbons (Fsp3) is 0.444. The van der Waals surface area contributed by atoms with Crippen molar-refractivity contribution in [2.24, 2.45) is 5.92 Å². The third kappa shape index (κ3) is 3.56. The van der Waals surface area contributed by atoms with E-state index in [1.165, 1.54) is 10.5 Å². The van der Waals surface area contributed by atoms with Gasteiger partial charge in [0.05, 0.1) is 0 Å². The lowest BCUT2D eigenvalue weighted by atomic mass is 9.87. The van der Waals surface area contributed by atoms with Gasteiger partial charge in [0, 0.05) is 6.54 Å². The van der Waals surface area contributed by atoms with E-state index in [4.69, 9.17) is 0 Å². The average molecular weight is 300 g/mol. The van der Waals surface area contributed by atoms with Gasteiger partial charge >= 0.3 is 6.03 Å². The molecular formula is C18H24N2O2. The van der Waals surface area contributed by atoms with Crippen LogP contribution in [0.1, 0.15) is 45.7 Å². The van der Waals surface area contributed by atoms with Gasteiger partial charge in [0.2, 0.25) is 0 Å². The Balaban J connectivity index is 2.20. The molecule has 0 radical (unpaired) electrons. The van der Waals surface area contributed by atoms with Gasteiger partial charge in [-0.05, 0) is 28.5 Å². The van der Waals surface area contributed by atoms with Crippen molar-refractivity contribution >= 4 is 18.0 Å². The van der Waals surface area contributed by atoms with Gasteiger partial charge in [0.25, 0.3) is 5.91 Å². The van der Waals surface area contributed by atoms with E-state index >= 15 is 0 Å². The zero-order valence-electron chi connectivity index (χ0n) is 13.9. The predicted octanol–water partition coefficient (Wildman–Crippen LogP) is 3.53. The highest BCUT2D eigenvalue weighted by Gasteiger charge is 2.33. The zero-order valence-corrected chi connectivity index (χ0v) is 13.9. The third-order valence-electron chi connectivity index (χ3n) is 3.60. The largest absolute Gasteiger partial charge is 0.329 e. The van der Waals surface area contributed by atoms with E-state index in [-0.39, 0.29) is 23.3 Å². The number of hydrogen-bond donors (Lipinski definition) is 1. The van der Waals surface area contributed by atoms with Gasteiger partial charge in [-0.3, -0.25) is 9.69 Å². The molecule has 3 amide bonds. The van der Waals surface area contributed by atoms with Gasteiger partial charge < -0.3 is 5.32 Å². The highest BCUT2D eigenvalue weighted by Crippen LogP contribution is 2.23.